The van der Waals surface area contributed by atoms with Gasteiger partial charge in [-0.3, -0.25) is 0 Å². The molecule has 2 rings (SSSR count). The van der Waals surface area contributed by atoms with E-state index in [1.807, 2.05) is 13.0 Å². The van der Waals surface area contributed by atoms with E-state index in [1.54, 1.807) is 40.1 Å². The molecule has 0 aromatic carbocycles. The molecular weight excluding hydrogens is 342 g/mol. The van der Waals surface area contributed by atoms with E-state index in [1.165, 1.54) is 23.3 Å². The lowest BCUT2D eigenvalue weighted by atomic mass is 10.2. The van der Waals surface area contributed by atoms with Crippen LogP contribution in [0.5, 0.6) is 0 Å². The standard InChI is InChI=1S/C17H21N3O4S/c1-10-9-12(25-13(10)14(21)23-6)11-7-8-18-15(19-11)20(5)16(22)24-17(2,3)4/h7-9H,1-6H3. The summed E-state index contributed by atoms with van der Waals surface area (Å²) in [5.74, 6) is -0.161. The highest BCUT2D eigenvalue weighted by Crippen LogP contribution is 2.31. The van der Waals surface area contributed by atoms with E-state index in [9.17, 15) is 9.59 Å². The maximum Gasteiger partial charge on any atom is 0.416 e. The number of rotatable bonds is 3. The minimum Gasteiger partial charge on any atom is -0.465 e. The van der Waals surface area contributed by atoms with E-state index in [0.717, 1.165) is 10.4 Å². The van der Waals surface area contributed by atoms with Crippen molar-refractivity contribution in [2.45, 2.75) is 33.3 Å². The summed E-state index contributed by atoms with van der Waals surface area (Å²) in [6.45, 7) is 7.21. The number of carbonyl (C=O) groups excluding carboxylic acids is 2. The molecule has 2 heterocycles. The van der Waals surface area contributed by atoms with Gasteiger partial charge in [-0.15, -0.1) is 11.3 Å². The molecule has 0 saturated carbocycles. The van der Waals surface area contributed by atoms with Crippen LogP contribution in [-0.2, 0) is 9.47 Å². The average molecular weight is 363 g/mol. The quantitative estimate of drug-likeness (QED) is 0.774. The number of amides is 1. The van der Waals surface area contributed by atoms with E-state index >= 15 is 0 Å². The fourth-order valence-corrected chi connectivity index (χ4v) is 3.02. The Morgan fingerprint density at radius 3 is 2.56 bits per heavy atom. The Labute approximate surface area is 150 Å². The molecule has 2 aromatic heterocycles. The molecular formula is C17H21N3O4S. The molecule has 0 saturated heterocycles. The van der Waals surface area contributed by atoms with Crippen molar-refractivity contribution in [1.82, 2.24) is 9.97 Å². The zero-order chi connectivity index (χ0) is 18.8. The first kappa shape index (κ1) is 18.9. The van der Waals surface area contributed by atoms with Crippen LogP contribution in [0.15, 0.2) is 18.3 Å². The molecule has 0 atom stereocenters. The molecule has 134 valence electrons. The van der Waals surface area contributed by atoms with Gasteiger partial charge in [-0.25, -0.2) is 24.5 Å². The molecule has 0 N–H and O–H groups in total. The van der Waals surface area contributed by atoms with Crippen LogP contribution in [-0.4, -0.2) is 41.8 Å². The molecule has 2 aromatic rings. The van der Waals surface area contributed by atoms with Crippen LogP contribution >= 0.6 is 11.3 Å². The highest BCUT2D eigenvalue weighted by Gasteiger charge is 2.23. The van der Waals surface area contributed by atoms with Gasteiger partial charge in [0.1, 0.15) is 10.5 Å². The molecule has 0 bridgehead atoms. The van der Waals surface area contributed by atoms with Gasteiger partial charge in [-0.05, 0) is 45.4 Å². The van der Waals surface area contributed by atoms with Gasteiger partial charge in [-0.2, -0.15) is 0 Å². The van der Waals surface area contributed by atoms with Crippen molar-refractivity contribution in [2.24, 2.45) is 0 Å². The second-order valence-electron chi connectivity index (χ2n) is 6.40. The molecule has 8 heteroatoms. The van der Waals surface area contributed by atoms with Crippen LogP contribution in [0.4, 0.5) is 10.7 Å². The molecule has 0 spiro atoms. The highest BCUT2D eigenvalue weighted by molar-refractivity contribution is 7.17. The van der Waals surface area contributed by atoms with E-state index in [0.29, 0.717) is 10.6 Å². The largest absolute Gasteiger partial charge is 0.465 e. The van der Waals surface area contributed by atoms with E-state index in [4.69, 9.17) is 9.47 Å². The zero-order valence-electron chi connectivity index (χ0n) is 15.1. The van der Waals surface area contributed by atoms with Gasteiger partial charge >= 0.3 is 12.1 Å². The Bertz CT molecular complexity index is 795. The summed E-state index contributed by atoms with van der Waals surface area (Å²) in [7, 11) is 2.90. The number of carbonyl (C=O) groups is 2. The third-order valence-electron chi connectivity index (χ3n) is 3.15. The molecule has 1 amide bonds. The number of ether oxygens (including phenoxy) is 2. The monoisotopic (exact) mass is 363 g/mol. The van der Waals surface area contributed by atoms with Crippen molar-refractivity contribution < 1.29 is 19.1 Å². The van der Waals surface area contributed by atoms with Crippen LogP contribution in [0.2, 0.25) is 0 Å². The maximum atomic E-state index is 12.2. The summed E-state index contributed by atoms with van der Waals surface area (Å²) in [6, 6.07) is 3.58. The minimum atomic E-state index is -0.608. The van der Waals surface area contributed by atoms with Crippen molar-refractivity contribution in [2.75, 3.05) is 19.1 Å². The van der Waals surface area contributed by atoms with Gasteiger partial charge in [0, 0.05) is 13.2 Å². The number of nitrogens with zero attached hydrogens (tertiary/aromatic N) is 3. The number of aromatic nitrogens is 2. The Hall–Kier alpha value is -2.48. The summed E-state index contributed by atoms with van der Waals surface area (Å²) in [6.07, 6.45) is 1.02. The first-order valence-electron chi connectivity index (χ1n) is 7.61. The van der Waals surface area contributed by atoms with Crippen molar-refractivity contribution in [1.29, 1.82) is 0 Å². The summed E-state index contributed by atoms with van der Waals surface area (Å²) >= 11 is 1.28. The van der Waals surface area contributed by atoms with E-state index < -0.39 is 11.7 Å². The molecule has 0 aliphatic rings. The Kier molecular flexibility index (Phi) is 5.42. The van der Waals surface area contributed by atoms with E-state index in [2.05, 4.69) is 9.97 Å². The van der Waals surface area contributed by atoms with Gasteiger partial charge in [0.05, 0.1) is 17.7 Å². The number of hydrogen-bond donors (Lipinski definition) is 0. The number of thiophene rings is 1. The van der Waals surface area contributed by atoms with Crippen molar-refractivity contribution in [3.05, 3.63) is 28.8 Å². The molecule has 0 fully saturated rings. The molecule has 0 radical (unpaired) electrons. The number of esters is 1. The van der Waals surface area contributed by atoms with Crippen molar-refractivity contribution in [3.63, 3.8) is 0 Å². The van der Waals surface area contributed by atoms with Gasteiger partial charge in [0.25, 0.3) is 0 Å². The third-order valence-corrected chi connectivity index (χ3v) is 4.39. The smallest absolute Gasteiger partial charge is 0.416 e. The summed E-state index contributed by atoms with van der Waals surface area (Å²) in [4.78, 5) is 35.0. The lowest BCUT2D eigenvalue weighted by Crippen LogP contribution is -2.35. The highest BCUT2D eigenvalue weighted by atomic mass is 32.1. The van der Waals surface area contributed by atoms with E-state index in [-0.39, 0.29) is 11.9 Å². The predicted octanol–water partition coefficient (Wildman–Crippen LogP) is 3.67. The average Bonchev–Trinajstić information content (AvgIpc) is 2.94. The van der Waals surface area contributed by atoms with Crippen LogP contribution in [0.1, 0.15) is 36.0 Å². The number of aryl methyl sites for hydroxylation is 1. The second-order valence-corrected chi connectivity index (χ2v) is 7.45. The van der Waals surface area contributed by atoms with Crippen molar-refractivity contribution in [3.8, 4) is 10.6 Å². The normalized spacial score (nSPS) is 11.1. The molecule has 7 nitrogen and oxygen atoms in total. The summed E-state index contributed by atoms with van der Waals surface area (Å²) in [5, 5.41) is 0. The first-order chi connectivity index (χ1) is 11.6. The summed E-state index contributed by atoms with van der Waals surface area (Å²) in [5.41, 5.74) is 0.819. The maximum absolute atomic E-state index is 12.2. The van der Waals surface area contributed by atoms with Gasteiger partial charge in [0.15, 0.2) is 0 Å². The zero-order valence-corrected chi connectivity index (χ0v) is 15.9. The number of methoxy groups -OCH3 is 1. The molecule has 0 unspecified atom stereocenters. The Morgan fingerprint density at radius 1 is 1.28 bits per heavy atom. The fraction of sp³-hybridized carbons (Fsp3) is 0.412. The van der Waals surface area contributed by atoms with Crippen LogP contribution in [0, 0.1) is 6.92 Å². The minimum absolute atomic E-state index is 0.220. The number of anilines is 1. The Morgan fingerprint density at radius 2 is 1.96 bits per heavy atom. The van der Waals surface area contributed by atoms with Crippen LogP contribution < -0.4 is 4.90 Å². The predicted molar refractivity (Wildman–Crippen MR) is 96.1 cm³/mol. The fourth-order valence-electron chi connectivity index (χ4n) is 1.96. The van der Waals surface area contributed by atoms with Crippen LogP contribution in [0.3, 0.4) is 0 Å². The SMILES string of the molecule is COC(=O)c1sc(-c2ccnc(N(C)C(=O)OC(C)(C)C)n2)cc1C. The van der Waals surface area contributed by atoms with Crippen molar-refractivity contribution >= 4 is 29.3 Å². The summed E-state index contributed by atoms with van der Waals surface area (Å²) < 4.78 is 10.1. The van der Waals surface area contributed by atoms with Gasteiger partial charge in [0.2, 0.25) is 5.95 Å². The van der Waals surface area contributed by atoms with Crippen LogP contribution in [0.25, 0.3) is 10.6 Å². The lowest BCUT2D eigenvalue weighted by Gasteiger charge is -2.23. The molecule has 0 aliphatic carbocycles. The first-order valence-corrected chi connectivity index (χ1v) is 8.43. The number of hydrogen-bond acceptors (Lipinski definition) is 7. The lowest BCUT2D eigenvalue weighted by molar-refractivity contribution is 0.0583. The topological polar surface area (TPSA) is 81.6 Å². The second kappa shape index (κ2) is 7.18. The third kappa shape index (κ3) is 4.54. The van der Waals surface area contributed by atoms with Gasteiger partial charge in [-0.1, -0.05) is 0 Å². The Balaban J connectivity index is 2.30. The van der Waals surface area contributed by atoms with Gasteiger partial charge < -0.3 is 9.47 Å². The molecule has 0 aliphatic heterocycles. The molecule has 25 heavy (non-hydrogen) atoms.